The maximum absolute atomic E-state index is 14.6. The minimum absolute atomic E-state index is 0.118. The summed E-state index contributed by atoms with van der Waals surface area (Å²) >= 11 is 12.5. The predicted molar refractivity (Wildman–Crippen MR) is 119 cm³/mol. The molecule has 8 heteroatoms. The molecule has 1 aromatic carbocycles. The maximum Gasteiger partial charge on any atom is 0.153 e. The first kappa shape index (κ1) is 21.8. The van der Waals surface area contributed by atoms with Gasteiger partial charge in [0.05, 0.1) is 28.0 Å². The number of hydrogen-bond acceptors (Lipinski definition) is 5. The monoisotopic (exact) mass is 452 g/mol. The first-order valence-electron chi connectivity index (χ1n) is 10.3. The van der Waals surface area contributed by atoms with Crippen LogP contribution in [0.5, 0.6) is 0 Å². The molecule has 1 aromatic heterocycles. The summed E-state index contributed by atoms with van der Waals surface area (Å²) in [6.45, 7) is 4.71. The van der Waals surface area contributed by atoms with E-state index in [0.29, 0.717) is 64.4 Å². The summed E-state index contributed by atoms with van der Waals surface area (Å²) in [4.78, 5) is 11.6. The van der Waals surface area contributed by atoms with Crippen molar-refractivity contribution in [2.75, 3.05) is 18.0 Å². The molecule has 2 fully saturated rings. The lowest BCUT2D eigenvalue weighted by Gasteiger charge is -2.43. The Balaban J connectivity index is 1.62. The van der Waals surface area contributed by atoms with Gasteiger partial charge in [-0.05, 0) is 51.0 Å². The second-order valence-electron chi connectivity index (χ2n) is 8.94. The zero-order chi connectivity index (χ0) is 21.7. The number of piperidine rings is 1. The van der Waals surface area contributed by atoms with Crippen LogP contribution in [0.1, 0.15) is 44.0 Å². The molecule has 4 rings (SSSR count). The number of nitrogens with zero attached hydrogens (tertiary/aromatic N) is 3. The number of alkyl halides is 1. The molecule has 5 nitrogen and oxygen atoms in total. The molecule has 1 saturated heterocycles. The van der Waals surface area contributed by atoms with E-state index in [1.165, 1.54) is 0 Å². The summed E-state index contributed by atoms with van der Waals surface area (Å²) in [6, 6.07) is 5.25. The van der Waals surface area contributed by atoms with Crippen LogP contribution >= 0.6 is 23.2 Å². The van der Waals surface area contributed by atoms with Crippen LogP contribution in [-0.2, 0) is 6.61 Å². The van der Waals surface area contributed by atoms with Crippen LogP contribution in [0, 0.1) is 12.3 Å². The van der Waals surface area contributed by atoms with Crippen LogP contribution in [0.15, 0.2) is 18.2 Å². The van der Waals surface area contributed by atoms with E-state index >= 15 is 0 Å². The second-order valence-corrected chi connectivity index (χ2v) is 9.72. The maximum atomic E-state index is 14.6. The molecule has 2 atom stereocenters. The van der Waals surface area contributed by atoms with E-state index in [4.69, 9.17) is 33.9 Å². The summed E-state index contributed by atoms with van der Waals surface area (Å²) in [7, 11) is 0. The first-order chi connectivity index (χ1) is 14.2. The predicted octanol–water partition coefficient (Wildman–Crippen LogP) is 4.69. The van der Waals surface area contributed by atoms with Crippen LogP contribution in [0.25, 0.3) is 11.3 Å². The van der Waals surface area contributed by atoms with Gasteiger partial charge >= 0.3 is 0 Å². The average Bonchev–Trinajstić information content (AvgIpc) is 2.92. The Morgan fingerprint density at radius 3 is 2.57 bits per heavy atom. The SMILES string of the molecule is Cc1nc(N2CCC3(CC2)CC(C)(F)C[C@H]3N)c(CO)nc1-c1cccc(Cl)c1Cl. The van der Waals surface area contributed by atoms with Crippen LogP contribution in [-0.4, -0.2) is 39.9 Å². The third-order valence-corrected chi connectivity index (χ3v) is 7.51. The number of aliphatic hydroxyl groups excluding tert-OH is 1. The van der Waals surface area contributed by atoms with E-state index in [9.17, 15) is 9.50 Å². The lowest BCUT2D eigenvalue weighted by Crippen LogP contribution is -2.47. The minimum atomic E-state index is -1.19. The van der Waals surface area contributed by atoms with Crippen molar-refractivity contribution in [3.05, 3.63) is 39.6 Å². The molecule has 0 radical (unpaired) electrons. The number of benzene rings is 1. The molecular weight excluding hydrogens is 426 g/mol. The summed E-state index contributed by atoms with van der Waals surface area (Å²) in [5.41, 5.74) is 7.50. The number of nitrogens with two attached hydrogens (primary N) is 1. The molecule has 0 amide bonds. The van der Waals surface area contributed by atoms with E-state index in [-0.39, 0.29) is 18.1 Å². The standard InChI is InChI=1S/C22H27Cl2FN4O/c1-13-19(14-4-3-5-15(23)18(14)24)28-16(11-30)20(27-13)29-8-6-22(7-9-29)12-21(2,25)10-17(22)26/h3-5,17,30H,6-12,26H2,1-2H3/t17-,21?/m1/s1. The third-order valence-electron chi connectivity index (χ3n) is 6.69. The van der Waals surface area contributed by atoms with Gasteiger partial charge in [0.1, 0.15) is 11.4 Å². The van der Waals surface area contributed by atoms with E-state index in [1.807, 2.05) is 19.1 Å². The van der Waals surface area contributed by atoms with Crippen molar-refractivity contribution in [1.29, 1.82) is 0 Å². The van der Waals surface area contributed by atoms with E-state index < -0.39 is 5.67 Å². The smallest absolute Gasteiger partial charge is 0.153 e. The summed E-state index contributed by atoms with van der Waals surface area (Å²) < 4.78 is 14.6. The van der Waals surface area contributed by atoms with Crippen LogP contribution < -0.4 is 10.6 Å². The van der Waals surface area contributed by atoms with Crippen LogP contribution in [0.3, 0.4) is 0 Å². The van der Waals surface area contributed by atoms with Gasteiger partial charge < -0.3 is 15.7 Å². The molecule has 1 unspecified atom stereocenters. The zero-order valence-electron chi connectivity index (χ0n) is 17.3. The molecule has 0 bridgehead atoms. The van der Waals surface area contributed by atoms with Crippen LogP contribution in [0.2, 0.25) is 10.0 Å². The number of halogens is 3. The normalized spacial score (nSPS) is 25.8. The first-order valence-corrected chi connectivity index (χ1v) is 11.0. The van der Waals surface area contributed by atoms with Crippen molar-refractivity contribution in [3.8, 4) is 11.3 Å². The fourth-order valence-electron chi connectivity index (χ4n) is 5.17. The topological polar surface area (TPSA) is 75.3 Å². The number of anilines is 1. The average molecular weight is 453 g/mol. The van der Waals surface area contributed by atoms with E-state index in [0.717, 1.165) is 12.8 Å². The molecule has 1 saturated carbocycles. The molecule has 2 aromatic rings. The number of aliphatic hydroxyl groups is 1. The van der Waals surface area contributed by atoms with Crippen molar-refractivity contribution in [2.45, 2.75) is 57.8 Å². The van der Waals surface area contributed by atoms with Crippen LogP contribution in [0.4, 0.5) is 10.2 Å². The third kappa shape index (κ3) is 3.79. The highest BCUT2D eigenvalue weighted by molar-refractivity contribution is 6.43. The van der Waals surface area contributed by atoms with Gasteiger partial charge in [-0.2, -0.15) is 0 Å². The second kappa shape index (κ2) is 7.90. The Morgan fingerprint density at radius 1 is 1.27 bits per heavy atom. The Hall–Kier alpha value is -1.47. The Labute approximate surface area is 186 Å². The number of rotatable bonds is 3. The van der Waals surface area contributed by atoms with Gasteiger partial charge in [0.15, 0.2) is 5.82 Å². The highest BCUT2D eigenvalue weighted by atomic mass is 35.5. The number of aryl methyl sites for hydroxylation is 1. The molecule has 2 aliphatic rings. The highest BCUT2D eigenvalue weighted by Crippen LogP contribution is 2.51. The molecule has 1 aliphatic carbocycles. The molecular formula is C22H27Cl2FN4O. The van der Waals surface area contributed by atoms with Gasteiger partial charge in [-0.1, -0.05) is 35.3 Å². The van der Waals surface area contributed by atoms with Gasteiger partial charge in [-0.3, -0.25) is 0 Å². The van der Waals surface area contributed by atoms with Crippen molar-refractivity contribution in [3.63, 3.8) is 0 Å². The quantitative estimate of drug-likeness (QED) is 0.706. The molecule has 3 N–H and O–H groups in total. The van der Waals surface area contributed by atoms with Crippen molar-refractivity contribution < 1.29 is 9.50 Å². The van der Waals surface area contributed by atoms with Gasteiger partial charge in [0.25, 0.3) is 0 Å². The largest absolute Gasteiger partial charge is 0.390 e. The van der Waals surface area contributed by atoms with Gasteiger partial charge in [0.2, 0.25) is 0 Å². The van der Waals surface area contributed by atoms with E-state index in [1.54, 1.807) is 13.0 Å². The molecule has 1 aliphatic heterocycles. The summed E-state index contributed by atoms with van der Waals surface area (Å²) in [6.07, 6.45) is 2.55. The number of hydrogen-bond donors (Lipinski definition) is 2. The molecule has 1 spiro atoms. The van der Waals surface area contributed by atoms with Crippen molar-refractivity contribution in [2.24, 2.45) is 11.1 Å². The fourth-order valence-corrected chi connectivity index (χ4v) is 5.56. The van der Waals surface area contributed by atoms with Crippen molar-refractivity contribution in [1.82, 2.24) is 9.97 Å². The van der Waals surface area contributed by atoms with E-state index in [2.05, 4.69) is 9.88 Å². The Kier molecular flexibility index (Phi) is 5.73. The molecule has 162 valence electrons. The summed E-state index contributed by atoms with van der Waals surface area (Å²) in [5, 5.41) is 10.9. The minimum Gasteiger partial charge on any atom is -0.390 e. The van der Waals surface area contributed by atoms with Crippen molar-refractivity contribution >= 4 is 29.0 Å². The lowest BCUT2D eigenvalue weighted by molar-refractivity contribution is 0.142. The highest BCUT2D eigenvalue weighted by Gasteiger charge is 2.52. The fraction of sp³-hybridized carbons (Fsp3) is 0.545. The summed E-state index contributed by atoms with van der Waals surface area (Å²) in [5.74, 6) is 0.668. The van der Waals surface area contributed by atoms with Gasteiger partial charge in [0, 0.05) is 24.7 Å². The Bertz CT molecular complexity index is 960. The number of aromatic nitrogens is 2. The lowest BCUT2D eigenvalue weighted by atomic mass is 9.74. The Morgan fingerprint density at radius 2 is 1.97 bits per heavy atom. The zero-order valence-corrected chi connectivity index (χ0v) is 18.8. The van der Waals surface area contributed by atoms with Gasteiger partial charge in [-0.25, -0.2) is 14.4 Å². The molecule has 30 heavy (non-hydrogen) atoms. The molecule has 2 heterocycles. The van der Waals surface area contributed by atoms with Gasteiger partial charge in [-0.15, -0.1) is 0 Å².